The Morgan fingerprint density at radius 1 is 1.43 bits per heavy atom. The fraction of sp³-hybridized carbons (Fsp3) is 0.286. The predicted octanol–water partition coefficient (Wildman–Crippen LogP) is 2.44. The number of nitrogens with one attached hydrogen (secondary N) is 1. The van der Waals surface area contributed by atoms with Crippen molar-refractivity contribution in [2.75, 3.05) is 4.72 Å². The van der Waals surface area contributed by atoms with Gasteiger partial charge in [-0.25, -0.2) is 13.2 Å². The minimum Gasteiger partial charge on any atom is -0.478 e. The van der Waals surface area contributed by atoms with E-state index in [1.54, 1.807) is 20.2 Å². The molecule has 23 heavy (non-hydrogen) atoms. The first-order valence-corrected chi connectivity index (χ1v) is 8.60. The van der Waals surface area contributed by atoms with Crippen molar-refractivity contribution in [2.24, 2.45) is 7.05 Å². The van der Waals surface area contributed by atoms with Gasteiger partial charge in [-0.3, -0.25) is 9.40 Å². The lowest BCUT2D eigenvalue weighted by atomic mass is 10.1. The molecule has 0 aliphatic rings. The second kappa shape index (κ2) is 6.21. The number of carbonyl (C=O) groups is 1. The number of rotatable bonds is 5. The molecule has 1 aromatic carbocycles. The van der Waals surface area contributed by atoms with Crippen LogP contribution in [-0.2, 0) is 23.5 Å². The quantitative estimate of drug-likeness (QED) is 0.855. The van der Waals surface area contributed by atoms with Crippen molar-refractivity contribution < 1.29 is 18.3 Å². The number of anilines is 1. The van der Waals surface area contributed by atoms with E-state index < -0.39 is 16.0 Å². The number of aromatic carboxylic acids is 1. The van der Waals surface area contributed by atoms with Gasteiger partial charge in [0.15, 0.2) is 0 Å². The Labute approximate surface area is 138 Å². The summed E-state index contributed by atoms with van der Waals surface area (Å²) in [5.74, 6) is -1.29. The summed E-state index contributed by atoms with van der Waals surface area (Å²) in [6, 6.07) is 2.38. The summed E-state index contributed by atoms with van der Waals surface area (Å²) in [6.07, 6.45) is 2.11. The molecule has 0 fully saturated rings. The topological polar surface area (TPSA) is 101 Å². The third kappa shape index (κ3) is 3.48. The van der Waals surface area contributed by atoms with Crippen molar-refractivity contribution in [1.29, 1.82) is 0 Å². The van der Waals surface area contributed by atoms with E-state index in [0.29, 0.717) is 23.4 Å². The molecule has 0 atom stereocenters. The minimum atomic E-state index is -3.95. The average Bonchev–Trinajstić information content (AvgIpc) is 2.80. The molecule has 0 aliphatic carbocycles. The first kappa shape index (κ1) is 17.3. The second-order valence-electron chi connectivity index (χ2n) is 5.03. The maximum Gasteiger partial charge on any atom is 0.337 e. The fourth-order valence-electron chi connectivity index (χ4n) is 2.13. The van der Waals surface area contributed by atoms with Gasteiger partial charge in [-0.2, -0.15) is 5.10 Å². The van der Waals surface area contributed by atoms with E-state index in [1.807, 2.05) is 6.92 Å². The lowest BCUT2D eigenvalue weighted by Crippen LogP contribution is -2.15. The second-order valence-corrected chi connectivity index (χ2v) is 7.09. The molecule has 0 aliphatic heterocycles. The summed E-state index contributed by atoms with van der Waals surface area (Å²) in [5, 5.41) is 13.3. The molecular formula is C14H16ClN3O4S. The third-order valence-corrected chi connectivity index (χ3v) is 5.10. The molecule has 9 heteroatoms. The molecule has 0 saturated heterocycles. The number of nitrogens with zero attached hydrogens (tertiary/aromatic N) is 2. The molecule has 1 heterocycles. The van der Waals surface area contributed by atoms with Crippen LogP contribution in [-0.4, -0.2) is 29.3 Å². The molecule has 0 saturated carbocycles. The molecule has 0 bridgehead atoms. The number of carboxylic acids is 1. The molecular weight excluding hydrogens is 342 g/mol. The highest BCUT2D eigenvalue weighted by molar-refractivity contribution is 7.92. The Balaban J connectivity index is 2.50. The van der Waals surface area contributed by atoms with Gasteiger partial charge in [-0.15, -0.1) is 0 Å². The molecule has 0 amide bonds. The van der Waals surface area contributed by atoms with Crippen LogP contribution in [0.15, 0.2) is 23.2 Å². The number of hydrogen-bond donors (Lipinski definition) is 2. The Hall–Kier alpha value is -2.06. The first-order chi connectivity index (χ1) is 10.7. The van der Waals surface area contributed by atoms with Crippen LogP contribution < -0.4 is 4.72 Å². The summed E-state index contributed by atoms with van der Waals surface area (Å²) in [6.45, 7) is 3.41. The van der Waals surface area contributed by atoms with Gasteiger partial charge >= 0.3 is 5.97 Å². The molecule has 2 rings (SSSR count). The lowest BCUT2D eigenvalue weighted by molar-refractivity contribution is 0.0696. The highest BCUT2D eigenvalue weighted by Crippen LogP contribution is 2.27. The van der Waals surface area contributed by atoms with Crippen molar-refractivity contribution in [1.82, 2.24) is 9.78 Å². The molecule has 0 unspecified atom stereocenters. The van der Waals surface area contributed by atoms with Gasteiger partial charge in [0.1, 0.15) is 0 Å². The fourth-order valence-corrected chi connectivity index (χ4v) is 3.50. The number of benzene rings is 1. The average molecular weight is 358 g/mol. The summed E-state index contributed by atoms with van der Waals surface area (Å²) < 4.78 is 29.0. The number of aryl methyl sites for hydroxylation is 3. The zero-order valence-electron chi connectivity index (χ0n) is 12.8. The van der Waals surface area contributed by atoms with Crippen molar-refractivity contribution in [3.63, 3.8) is 0 Å². The van der Waals surface area contributed by atoms with Crippen LogP contribution in [0.3, 0.4) is 0 Å². The summed E-state index contributed by atoms with van der Waals surface area (Å²) in [5.41, 5.74) is 1.07. The number of aromatic nitrogens is 2. The standard InChI is InChI=1S/C14H16ClN3O4S/c1-4-11-12(7-18(3)16-11)17-23(21,22)9-5-8(2)13(15)10(6-9)14(19)20/h5-7,17H,4H2,1-3H3,(H,19,20). The van der Waals surface area contributed by atoms with E-state index in [0.717, 1.165) is 6.07 Å². The monoisotopic (exact) mass is 357 g/mol. The van der Waals surface area contributed by atoms with E-state index in [-0.39, 0.29) is 15.5 Å². The molecule has 7 nitrogen and oxygen atoms in total. The zero-order chi connectivity index (χ0) is 17.4. The number of carboxylic acid groups (broad SMARTS) is 1. The SMILES string of the molecule is CCc1nn(C)cc1NS(=O)(=O)c1cc(C)c(Cl)c(C(=O)O)c1. The Kier molecular flexibility index (Phi) is 4.67. The van der Waals surface area contributed by atoms with Crippen LogP contribution in [0.5, 0.6) is 0 Å². The molecule has 2 aromatic rings. The Morgan fingerprint density at radius 2 is 2.09 bits per heavy atom. The normalized spacial score (nSPS) is 11.5. The highest BCUT2D eigenvalue weighted by Gasteiger charge is 2.22. The largest absolute Gasteiger partial charge is 0.478 e. The Bertz CT molecular complexity index is 874. The lowest BCUT2D eigenvalue weighted by Gasteiger charge is -2.10. The number of hydrogen-bond acceptors (Lipinski definition) is 4. The number of halogens is 1. The molecule has 0 spiro atoms. The van der Waals surface area contributed by atoms with Crippen molar-refractivity contribution in [3.8, 4) is 0 Å². The maximum atomic E-state index is 12.5. The van der Waals surface area contributed by atoms with E-state index >= 15 is 0 Å². The van der Waals surface area contributed by atoms with Gasteiger partial charge in [-0.05, 0) is 31.0 Å². The highest BCUT2D eigenvalue weighted by atomic mass is 35.5. The van der Waals surface area contributed by atoms with Gasteiger partial charge in [0, 0.05) is 13.2 Å². The van der Waals surface area contributed by atoms with Crippen molar-refractivity contribution in [3.05, 3.63) is 40.2 Å². The van der Waals surface area contributed by atoms with Gasteiger partial charge in [0.2, 0.25) is 0 Å². The summed E-state index contributed by atoms with van der Waals surface area (Å²) in [4.78, 5) is 11.0. The van der Waals surface area contributed by atoms with Gasteiger partial charge in [0.05, 0.1) is 26.9 Å². The van der Waals surface area contributed by atoms with E-state index in [4.69, 9.17) is 16.7 Å². The smallest absolute Gasteiger partial charge is 0.337 e. The molecule has 124 valence electrons. The van der Waals surface area contributed by atoms with Crippen LogP contribution in [0, 0.1) is 6.92 Å². The van der Waals surface area contributed by atoms with Crippen LogP contribution >= 0.6 is 11.6 Å². The van der Waals surface area contributed by atoms with Gasteiger partial charge in [0.25, 0.3) is 10.0 Å². The predicted molar refractivity (Wildman–Crippen MR) is 86.5 cm³/mol. The van der Waals surface area contributed by atoms with E-state index in [9.17, 15) is 13.2 Å². The first-order valence-electron chi connectivity index (χ1n) is 6.74. The molecule has 0 radical (unpaired) electrons. The van der Waals surface area contributed by atoms with Crippen LogP contribution in [0.4, 0.5) is 5.69 Å². The summed E-state index contributed by atoms with van der Waals surface area (Å²) >= 11 is 5.91. The number of sulfonamides is 1. The molecule has 2 N–H and O–H groups in total. The zero-order valence-corrected chi connectivity index (χ0v) is 14.4. The maximum absolute atomic E-state index is 12.5. The van der Waals surface area contributed by atoms with Crippen LogP contribution in [0.25, 0.3) is 0 Å². The minimum absolute atomic E-state index is 0.0204. The van der Waals surface area contributed by atoms with Crippen molar-refractivity contribution in [2.45, 2.75) is 25.2 Å². The van der Waals surface area contributed by atoms with E-state index in [1.165, 1.54) is 10.7 Å². The van der Waals surface area contributed by atoms with Gasteiger partial charge < -0.3 is 5.11 Å². The van der Waals surface area contributed by atoms with Crippen LogP contribution in [0.2, 0.25) is 5.02 Å². The Morgan fingerprint density at radius 3 is 2.65 bits per heavy atom. The van der Waals surface area contributed by atoms with Gasteiger partial charge in [-0.1, -0.05) is 18.5 Å². The summed E-state index contributed by atoms with van der Waals surface area (Å²) in [7, 11) is -2.27. The van der Waals surface area contributed by atoms with Crippen molar-refractivity contribution >= 4 is 33.3 Å². The van der Waals surface area contributed by atoms with E-state index in [2.05, 4.69) is 9.82 Å². The third-order valence-electron chi connectivity index (χ3n) is 3.25. The molecule has 1 aromatic heterocycles. The van der Waals surface area contributed by atoms with Crippen LogP contribution in [0.1, 0.15) is 28.5 Å².